The molecule has 0 aliphatic rings. The molecule has 1 radical (unpaired) electrons. The van der Waals surface area contributed by atoms with Crippen molar-refractivity contribution in [2.75, 3.05) is 6.61 Å². The van der Waals surface area contributed by atoms with Gasteiger partial charge in [0.25, 0.3) is 0 Å². The van der Waals surface area contributed by atoms with Gasteiger partial charge in [0, 0.05) is 0 Å². The summed E-state index contributed by atoms with van der Waals surface area (Å²) in [6.07, 6.45) is -0.472. The van der Waals surface area contributed by atoms with E-state index in [0.717, 1.165) is 0 Å². The maximum absolute atomic E-state index is 9.63. The molecule has 0 rings (SSSR count). The molecule has 0 aromatic rings. The normalized spacial score (nSPS) is 13.2. The third-order valence-corrected chi connectivity index (χ3v) is 0.878. The molecule has 59 valence electrons. The summed E-state index contributed by atoms with van der Waals surface area (Å²) in [6, 6.07) is 0. The van der Waals surface area contributed by atoms with Crippen molar-refractivity contribution in [1.82, 2.24) is 0 Å². The Hall–Kier alpha value is -0.570. The molecule has 0 saturated carbocycles. The average molecular weight is 145 g/mol. The summed E-state index contributed by atoms with van der Waals surface area (Å²) < 4.78 is 9.42. The summed E-state index contributed by atoms with van der Waals surface area (Å²) >= 11 is 0. The average Bonchev–Trinajstić information content (AvgIpc) is 1.85. The Balaban J connectivity index is 3.20. The van der Waals surface area contributed by atoms with E-state index < -0.39 is 6.29 Å². The Labute approximate surface area is 61.3 Å². The standard InChI is InChI=1S/C7H13O3/c1-6(2)4-9-7(3)10-5-8/h6-7H,4H2,1-3H3. The molecule has 0 saturated heterocycles. The summed E-state index contributed by atoms with van der Waals surface area (Å²) in [6.45, 7) is 7.63. The van der Waals surface area contributed by atoms with Crippen LogP contribution in [0.2, 0.25) is 0 Å². The molecule has 0 aliphatic carbocycles. The van der Waals surface area contributed by atoms with Gasteiger partial charge in [0.05, 0.1) is 6.61 Å². The number of ether oxygens (including phenoxy) is 2. The van der Waals surface area contributed by atoms with Crippen molar-refractivity contribution in [3.63, 3.8) is 0 Å². The van der Waals surface area contributed by atoms with Crippen LogP contribution in [0.5, 0.6) is 0 Å². The van der Waals surface area contributed by atoms with Crippen LogP contribution in [0.25, 0.3) is 0 Å². The minimum absolute atomic E-state index is 0.456. The zero-order chi connectivity index (χ0) is 7.98. The lowest BCUT2D eigenvalue weighted by molar-refractivity contribution is -0.0842. The Bertz CT molecular complexity index is 90.9. The minimum atomic E-state index is -0.472. The fourth-order valence-electron chi connectivity index (χ4n) is 0.430. The van der Waals surface area contributed by atoms with Gasteiger partial charge >= 0.3 is 6.47 Å². The maximum atomic E-state index is 9.63. The highest BCUT2D eigenvalue weighted by Crippen LogP contribution is 1.97. The minimum Gasteiger partial charge on any atom is -0.428 e. The predicted octanol–water partition coefficient (Wildman–Crippen LogP) is 1.09. The summed E-state index contributed by atoms with van der Waals surface area (Å²) in [7, 11) is 0. The van der Waals surface area contributed by atoms with Crippen molar-refractivity contribution in [3.8, 4) is 0 Å². The molecule has 1 unspecified atom stereocenters. The number of rotatable bonds is 5. The molecule has 1 atom stereocenters. The van der Waals surface area contributed by atoms with Gasteiger partial charge in [-0.15, -0.1) is 0 Å². The van der Waals surface area contributed by atoms with Crippen molar-refractivity contribution < 1.29 is 14.3 Å². The van der Waals surface area contributed by atoms with E-state index in [4.69, 9.17) is 4.74 Å². The highest BCUT2D eigenvalue weighted by molar-refractivity contribution is 5.38. The second-order valence-corrected chi connectivity index (χ2v) is 2.50. The highest BCUT2D eigenvalue weighted by Gasteiger charge is 2.02. The molecule has 0 aliphatic heterocycles. The SMILES string of the molecule is CC(C)COC(C)O[C]=O. The zero-order valence-electron chi connectivity index (χ0n) is 6.59. The number of hydrogen-bond acceptors (Lipinski definition) is 3. The van der Waals surface area contributed by atoms with E-state index in [1.165, 1.54) is 6.47 Å². The Kier molecular flexibility index (Phi) is 4.94. The molecular formula is C7H13O3. The fraction of sp³-hybridized carbons (Fsp3) is 0.857. The van der Waals surface area contributed by atoms with Gasteiger partial charge in [0.15, 0.2) is 0 Å². The molecule has 10 heavy (non-hydrogen) atoms. The van der Waals surface area contributed by atoms with E-state index >= 15 is 0 Å². The van der Waals surface area contributed by atoms with Gasteiger partial charge < -0.3 is 9.47 Å². The van der Waals surface area contributed by atoms with Crippen LogP contribution in [0.3, 0.4) is 0 Å². The van der Waals surface area contributed by atoms with Crippen LogP contribution in [0, 0.1) is 5.92 Å². The van der Waals surface area contributed by atoms with Gasteiger partial charge in [-0.2, -0.15) is 0 Å². The van der Waals surface area contributed by atoms with Crippen LogP contribution >= 0.6 is 0 Å². The summed E-state index contributed by atoms with van der Waals surface area (Å²) in [5.74, 6) is 0.456. The van der Waals surface area contributed by atoms with E-state index in [1.54, 1.807) is 6.92 Å². The van der Waals surface area contributed by atoms with Gasteiger partial charge in [-0.1, -0.05) is 13.8 Å². The van der Waals surface area contributed by atoms with E-state index in [2.05, 4.69) is 4.74 Å². The molecule has 0 heterocycles. The van der Waals surface area contributed by atoms with Crippen molar-refractivity contribution in [2.24, 2.45) is 5.92 Å². The molecule has 0 aromatic heterocycles. The summed E-state index contributed by atoms with van der Waals surface area (Å²) in [5, 5.41) is 0. The molecule has 0 spiro atoms. The van der Waals surface area contributed by atoms with Crippen molar-refractivity contribution in [1.29, 1.82) is 0 Å². The van der Waals surface area contributed by atoms with Crippen LogP contribution < -0.4 is 0 Å². The molecule has 0 aromatic carbocycles. The van der Waals surface area contributed by atoms with E-state index in [9.17, 15) is 4.79 Å². The van der Waals surface area contributed by atoms with Crippen molar-refractivity contribution in [3.05, 3.63) is 0 Å². The first-order valence-electron chi connectivity index (χ1n) is 3.31. The van der Waals surface area contributed by atoms with Crippen molar-refractivity contribution in [2.45, 2.75) is 27.1 Å². The Morgan fingerprint density at radius 2 is 2.00 bits per heavy atom. The lowest BCUT2D eigenvalue weighted by atomic mass is 10.2. The van der Waals surface area contributed by atoms with Crippen LogP contribution in [0.1, 0.15) is 20.8 Å². The monoisotopic (exact) mass is 145 g/mol. The molecule has 3 heteroatoms. The molecule has 0 N–H and O–H groups in total. The Morgan fingerprint density at radius 3 is 2.40 bits per heavy atom. The van der Waals surface area contributed by atoms with Gasteiger partial charge in [0.2, 0.25) is 6.29 Å². The Morgan fingerprint density at radius 1 is 1.40 bits per heavy atom. The van der Waals surface area contributed by atoms with E-state index in [1.807, 2.05) is 13.8 Å². The second-order valence-electron chi connectivity index (χ2n) is 2.50. The van der Waals surface area contributed by atoms with E-state index in [-0.39, 0.29) is 0 Å². The molecule has 0 amide bonds. The van der Waals surface area contributed by atoms with Gasteiger partial charge in [-0.25, -0.2) is 4.79 Å². The van der Waals surface area contributed by atoms with Crippen LogP contribution in [0.4, 0.5) is 0 Å². The quantitative estimate of drug-likeness (QED) is 0.543. The van der Waals surface area contributed by atoms with Crippen molar-refractivity contribution >= 4 is 6.47 Å². The second kappa shape index (κ2) is 5.23. The largest absolute Gasteiger partial charge is 0.428 e. The highest BCUT2D eigenvalue weighted by atomic mass is 16.7. The van der Waals surface area contributed by atoms with E-state index in [0.29, 0.717) is 12.5 Å². The first kappa shape index (κ1) is 9.43. The third kappa shape index (κ3) is 5.56. The molecular weight excluding hydrogens is 132 g/mol. The lowest BCUT2D eigenvalue weighted by Gasteiger charge is -2.11. The summed E-state index contributed by atoms with van der Waals surface area (Å²) in [4.78, 5) is 9.63. The smallest absolute Gasteiger partial charge is 0.419 e. The molecule has 0 bridgehead atoms. The van der Waals surface area contributed by atoms with Gasteiger partial charge in [0.1, 0.15) is 0 Å². The molecule has 3 nitrogen and oxygen atoms in total. The fourth-order valence-corrected chi connectivity index (χ4v) is 0.430. The lowest BCUT2D eigenvalue weighted by Crippen LogP contribution is -2.15. The number of hydrogen-bond donors (Lipinski definition) is 0. The van der Waals surface area contributed by atoms with Crippen LogP contribution in [-0.4, -0.2) is 19.4 Å². The van der Waals surface area contributed by atoms with Gasteiger partial charge in [-0.3, -0.25) is 0 Å². The van der Waals surface area contributed by atoms with Crippen LogP contribution in [-0.2, 0) is 14.3 Å². The third-order valence-electron chi connectivity index (χ3n) is 0.878. The topological polar surface area (TPSA) is 35.5 Å². The zero-order valence-corrected chi connectivity index (χ0v) is 6.59. The summed E-state index contributed by atoms with van der Waals surface area (Å²) in [5.41, 5.74) is 0. The predicted molar refractivity (Wildman–Crippen MR) is 37.0 cm³/mol. The number of carbonyl (C=O) groups excluding carboxylic acids is 1. The maximum Gasteiger partial charge on any atom is 0.419 e. The first-order chi connectivity index (χ1) is 4.66. The van der Waals surface area contributed by atoms with Crippen LogP contribution in [0.15, 0.2) is 0 Å². The van der Waals surface area contributed by atoms with Gasteiger partial charge in [-0.05, 0) is 12.8 Å². The first-order valence-corrected chi connectivity index (χ1v) is 3.31. The molecule has 0 fully saturated rings.